The van der Waals surface area contributed by atoms with Gasteiger partial charge in [-0.2, -0.15) is 0 Å². The first kappa shape index (κ1) is 24.4. The molecule has 3 aromatic rings. The summed E-state index contributed by atoms with van der Waals surface area (Å²) in [4.78, 5) is 40.4. The molecule has 2 aliphatic rings. The van der Waals surface area contributed by atoms with Crippen molar-refractivity contribution in [2.45, 2.75) is 20.0 Å². The van der Waals surface area contributed by atoms with E-state index in [9.17, 15) is 9.59 Å². The predicted molar refractivity (Wildman–Crippen MR) is 143 cm³/mol. The van der Waals surface area contributed by atoms with E-state index in [-0.39, 0.29) is 16.9 Å². The molecule has 0 aliphatic carbocycles. The normalized spacial score (nSPS) is 18.9. The molecule has 0 spiro atoms. The Morgan fingerprint density at radius 1 is 1.11 bits per heavy atom. The van der Waals surface area contributed by atoms with Crippen LogP contribution < -0.4 is 20.4 Å². The molecule has 2 fully saturated rings. The fourth-order valence-electron chi connectivity index (χ4n) is 4.82. The summed E-state index contributed by atoms with van der Waals surface area (Å²) in [5.74, 6) is 0.645. The number of piperazine rings is 2. The largest absolute Gasteiger partial charge is 0.353 e. The lowest BCUT2D eigenvalue weighted by Gasteiger charge is -2.47. The van der Waals surface area contributed by atoms with E-state index in [1.54, 1.807) is 24.7 Å². The number of aromatic nitrogens is 3. The van der Waals surface area contributed by atoms with Crippen molar-refractivity contribution >= 4 is 34.6 Å². The Bertz CT molecular complexity index is 1280. The third kappa shape index (κ3) is 4.99. The summed E-state index contributed by atoms with van der Waals surface area (Å²) < 4.78 is 1.64. The third-order valence-corrected chi connectivity index (χ3v) is 8.19. The lowest BCUT2D eigenvalue weighted by Crippen LogP contribution is -2.63. The van der Waals surface area contributed by atoms with Crippen LogP contribution in [0, 0.1) is 6.92 Å². The molecular weight excluding hydrogens is 476 g/mol. The Balaban J connectivity index is 1.28. The van der Waals surface area contributed by atoms with Gasteiger partial charge in [-0.3, -0.25) is 14.5 Å². The van der Waals surface area contributed by atoms with Crippen LogP contribution in [0.2, 0.25) is 0 Å². The van der Waals surface area contributed by atoms with E-state index in [4.69, 9.17) is 0 Å². The van der Waals surface area contributed by atoms with Crippen LogP contribution >= 0.6 is 11.3 Å². The SMILES string of the molecule is CC(=O)N1CCN(C2CNCCN2c2ccc(Nc3nccc(-c4sc(=O)n(C)c4C)n3)cc2)CC1. The number of thiazole rings is 1. The van der Waals surface area contributed by atoms with Crippen LogP contribution in [0.3, 0.4) is 0 Å². The molecule has 1 atom stereocenters. The monoisotopic (exact) mass is 508 g/mol. The van der Waals surface area contributed by atoms with Gasteiger partial charge in [-0.25, -0.2) is 9.97 Å². The molecule has 5 rings (SSSR count). The Labute approximate surface area is 214 Å². The number of amides is 1. The molecule has 0 saturated carbocycles. The molecule has 10 nitrogen and oxygen atoms in total. The summed E-state index contributed by atoms with van der Waals surface area (Å²) in [6.07, 6.45) is 1.97. The number of hydrogen-bond acceptors (Lipinski definition) is 9. The topological polar surface area (TPSA) is 98.6 Å². The molecule has 11 heteroatoms. The third-order valence-electron chi connectivity index (χ3n) is 7.04. The molecule has 36 heavy (non-hydrogen) atoms. The van der Waals surface area contributed by atoms with E-state index in [2.05, 4.69) is 42.5 Å². The van der Waals surface area contributed by atoms with Crippen molar-refractivity contribution in [3.05, 3.63) is 51.9 Å². The van der Waals surface area contributed by atoms with Crippen molar-refractivity contribution in [1.29, 1.82) is 0 Å². The van der Waals surface area contributed by atoms with Gasteiger partial charge in [0.15, 0.2) is 0 Å². The highest BCUT2D eigenvalue weighted by Gasteiger charge is 2.31. The molecule has 1 unspecified atom stereocenters. The zero-order valence-corrected chi connectivity index (χ0v) is 21.7. The van der Waals surface area contributed by atoms with Gasteiger partial charge in [0.05, 0.1) is 16.7 Å². The lowest BCUT2D eigenvalue weighted by molar-refractivity contribution is -0.130. The summed E-state index contributed by atoms with van der Waals surface area (Å²) in [6, 6.07) is 10.2. The van der Waals surface area contributed by atoms with Crippen molar-refractivity contribution in [3.63, 3.8) is 0 Å². The van der Waals surface area contributed by atoms with Crippen molar-refractivity contribution in [2.24, 2.45) is 7.05 Å². The van der Waals surface area contributed by atoms with Gasteiger partial charge < -0.3 is 25.0 Å². The minimum absolute atomic E-state index is 0.00170. The number of benzene rings is 1. The molecule has 1 aromatic carbocycles. The Morgan fingerprint density at radius 2 is 1.86 bits per heavy atom. The average Bonchev–Trinajstić information content (AvgIpc) is 3.16. The molecule has 2 aliphatic heterocycles. The maximum atomic E-state index is 12.0. The highest BCUT2D eigenvalue weighted by Crippen LogP contribution is 2.27. The second-order valence-corrected chi connectivity index (χ2v) is 10.2. The standard InChI is InChI=1S/C25H32N8O2S/c1-17-23(36-25(35)30(17)3)21-8-9-27-24(29-21)28-19-4-6-20(7-5-19)33-11-10-26-16-22(33)32-14-12-31(13-15-32)18(2)34/h4-9,22,26H,10-16H2,1-3H3,(H,27,28,29). The van der Waals surface area contributed by atoms with Gasteiger partial charge in [-0.05, 0) is 37.3 Å². The Hall–Kier alpha value is -3.28. The Morgan fingerprint density at radius 3 is 2.53 bits per heavy atom. The van der Waals surface area contributed by atoms with Crippen molar-refractivity contribution in [2.75, 3.05) is 56.0 Å². The van der Waals surface area contributed by atoms with Gasteiger partial charge in [0.25, 0.3) is 0 Å². The second-order valence-electron chi connectivity index (χ2n) is 9.20. The first-order chi connectivity index (χ1) is 17.4. The van der Waals surface area contributed by atoms with Crippen LogP contribution in [0.1, 0.15) is 12.6 Å². The van der Waals surface area contributed by atoms with Crippen LogP contribution in [0.4, 0.5) is 17.3 Å². The summed E-state index contributed by atoms with van der Waals surface area (Å²) in [6.45, 7) is 9.65. The van der Waals surface area contributed by atoms with Crippen LogP contribution in [-0.2, 0) is 11.8 Å². The molecular formula is C25H32N8O2S. The van der Waals surface area contributed by atoms with Crippen LogP contribution in [0.5, 0.6) is 0 Å². The maximum Gasteiger partial charge on any atom is 0.307 e. The number of carbonyl (C=O) groups is 1. The zero-order valence-electron chi connectivity index (χ0n) is 20.9. The lowest BCUT2D eigenvalue weighted by atomic mass is 10.2. The quantitative estimate of drug-likeness (QED) is 0.539. The molecule has 1 amide bonds. The van der Waals surface area contributed by atoms with Crippen LogP contribution in [0.25, 0.3) is 10.6 Å². The number of carbonyl (C=O) groups excluding carboxylic acids is 1. The number of anilines is 3. The molecule has 4 heterocycles. The summed E-state index contributed by atoms with van der Waals surface area (Å²) >= 11 is 1.20. The van der Waals surface area contributed by atoms with Gasteiger partial charge in [0.2, 0.25) is 11.9 Å². The number of nitrogens with one attached hydrogen (secondary N) is 2. The first-order valence-electron chi connectivity index (χ1n) is 12.2. The highest BCUT2D eigenvalue weighted by molar-refractivity contribution is 7.13. The molecule has 0 bridgehead atoms. The second kappa shape index (κ2) is 10.4. The zero-order chi connectivity index (χ0) is 25.2. The van der Waals surface area contributed by atoms with E-state index in [0.29, 0.717) is 5.95 Å². The fraction of sp³-hybridized carbons (Fsp3) is 0.440. The van der Waals surface area contributed by atoms with Crippen molar-refractivity contribution < 1.29 is 4.79 Å². The van der Waals surface area contributed by atoms with Crippen molar-refractivity contribution in [1.82, 2.24) is 29.7 Å². The molecule has 0 radical (unpaired) electrons. The molecule has 190 valence electrons. The average molecular weight is 509 g/mol. The molecule has 2 N–H and O–H groups in total. The van der Waals surface area contributed by atoms with Crippen LogP contribution in [-0.4, -0.2) is 82.2 Å². The van der Waals surface area contributed by atoms with E-state index < -0.39 is 0 Å². The van der Waals surface area contributed by atoms with Gasteiger partial charge in [-0.15, -0.1) is 0 Å². The van der Waals surface area contributed by atoms with Crippen molar-refractivity contribution in [3.8, 4) is 10.6 Å². The Kier molecular flexibility index (Phi) is 7.04. The molecule has 2 saturated heterocycles. The summed E-state index contributed by atoms with van der Waals surface area (Å²) in [5.41, 5.74) is 3.70. The van der Waals surface area contributed by atoms with Gasteiger partial charge in [-0.1, -0.05) is 11.3 Å². The minimum Gasteiger partial charge on any atom is -0.353 e. The smallest absolute Gasteiger partial charge is 0.307 e. The number of hydrogen-bond donors (Lipinski definition) is 2. The number of rotatable bonds is 5. The van der Waals surface area contributed by atoms with E-state index in [1.165, 1.54) is 17.0 Å². The fourth-order valence-corrected chi connectivity index (χ4v) is 5.77. The summed E-state index contributed by atoms with van der Waals surface area (Å²) in [7, 11) is 1.77. The predicted octanol–water partition coefficient (Wildman–Crippen LogP) is 1.86. The first-order valence-corrected chi connectivity index (χ1v) is 13.1. The van der Waals surface area contributed by atoms with E-state index in [0.717, 1.165) is 67.8 Å². The number of nitrogens with zero attached hydrogens (tertiary/aromatic N) is 6. The van der Waals surface area contributed by atoms with Gasteiger partial charge >= 0.3 is 4.87 Å². The molecule has 2 aromatic heterocycles. The van der Waals surface area contributed by atoms with Gasteiger partial charge in [0, 0.05) is 83.1 Å². The maximum absolute atomic E-state index is 12.0. The van der Waals surface area contributed by atoms with E-state index >= 15 is 0 Å². The van der Waals surface area contributed by atoms with Crippen LogP contribution in [0.15, 0.2) is 41.3 Å². The highest BCUT2D eigenvalue weighted by atomic mass is 32.1. The van der Waals surface area contributed by atoms with E-state index in [1.807, 2.05) is 30.0 Å². The van der Waals surface area contributed by atoms with Gasteiger partial charge in [0.1, 0.15) is 0 Å². The minimum atomic E-state index is -0.00170. The summed E-state index contributed by atoms with van der Waals surface area (Å²) in [5, 5.41) is 6.82.